The third-order valence-electron chi connectivity index (χ3n) is 5.73. The minimum atomic E-state index is -0.471. The molecule has 0 saturated heterocycles. The fourth-order valence-electron chi connectivity index (χ4n) is 4.35. The molecule has 0 radical (unpaired) electrons. The zero-order valence-corrected chi connectivity index (χ0v) is 14.4. The van der Waals surface area contributed by atoms with Gasteiger partial charge < -0.3 is 9.26 Å². The van der Waals surface area contributed by atoms with Crippen molar-refractivity contribution < 1.29 is 9.26 Å². The molecule has 0 aromatic carbocycles. The van der Waals surface area contributed by atoms with Crippen LogP contribution < -0.4 is 0 Å². The van der Waals surface area contributed by atoms with E-state index in [1.54, 1.807) is 7.11 Å². The van der Waals surface area contributed by atoms with E-state index >= 15 is 0 Å². The average Bonchev–Trinajstić information content (AvgIpc) is 3.04. The van der Waals surface area contributed by atoms with Gasteiger partial charge in [-0.1, -0.05) is 11.2 Å². The number of hydrogen-bond donors (Lipinski definition) is 0. The summed E-state index contributed by atoms with van der Waals surface area (Å²) in [6.45, 7) is 0. The third kappa shape index (κ3) is 2.10. The zero-order chi connectivity index (χ0) is 17.1. The molecule has 3 aromatic rings. The molecule has 1 fully saturated rings. The van der Waals surface area contributed by atoms with Crippen LogP contribution in [0.3, 0.4) is 0 Å². The van der Waals surface area contributed by atoms with Crippen LogP contribution in [0.25, 0.3) is 11.1 Å². The Balaban J connectivity index is 1.68. The van der Waals surface area contributed by atoms with Crippen molar-refractivity contribution in [2.75, 3.05) is 7.11 Å². The minimum absolute atomic E-state index is 0.0593. The zero-order valence-electron chi connectivity index (χ0n) is 14.4. The number of nitrogens with zero attached hydrogens (tertiary/aromatic N) is 4. The van der Waals surface area contributed by atoms with Gasteiger partial charge in [0.25, 0.3) is 0 Å². The molecule has 6 nitrogen and oxygen atoms in total. The highest BCUT2D eigenvalue weighted by atomic mass is 16.5. The largest absolute Gasteiger partial charge is 0.372 e. The van der Waals surface area contributed by atoms with Gasteiger partial charge >= 0.3 is 0 Å². The van der Waals surface area contributed by atoms with Gasteiger partial charge in [-0.25, -0.2) is 0 Å². The molecule has 1 saturated carbocycles. The summed E-state index contributed by atoms with van der Waals surface area (Å²) in [5.41, 5.74) is 3.85. The van der Waals surface area contributed by atoms with Crippen LogP contribution in [0.2, 0.25) is 0 Å². The first-order valence-electron chi connectivity index (χ1n) is 8.60. The van der Waals surface area contributed by atoms with Crippen molar-refractivity contribution in [2.24, 2.45) is 7.05 Å². The summed E-state index contributed by atoms with van der Waals surface area (Å²) in [7, 11) is 3.71. The maximum Gasteiger partial charge on any atom is 0.146 e. The average molecular weight is 336 g/mol. The van der Waals surface area contributed by atoms with E-state index < -0.39 is 5.60 Å². The van der Waals surface area contributed by atoms with Gasteiger partial charge in [-0.3, -0.25) is 9.67 Å². The van der Waals surface area contributed by atoms with Crippen molar-refractivity contribution in [2.45, 2.75) is 36.7 Å². The lowest BCUT2D eigenvalue weighted by Gasteiger charge is -2.39. The molecule has 128 valence electrons. The number of rotatable bonds is 3. The summed E-state index contributed by atoms with van der Waals surface area (Å²) in [4.78, 5) is 4.77. The Hall–Kier alpha value is -2.47. The molecule has 0 bridgehead atoms. The lowest BCUT2D eigenvalue weighted by atomic mass is 9.72. The van der Waals surface area contributed by atoms with Crippen molar-refractivity contribution in [3.05, 3.63) is 53.9 Å². The molecule has 3 aromatic heterocycles. The smallest absolute Gasteiger partial charge is 0.146 e. The number of hydrogen-bond acceptors (Lipinski definition) is 5. The van der Waals surface area contributed by atoms with Crippen molar-refractivity contribution in [1.82, 2.24) is 19.9 Å². The Morgan fingerprint density at radius 1 is 1.28 bits per heavy atom. The van der Waals surface area contributed by atoms with E-state index in [-0.39, 0.29) is 5.41 Å². The van der Waals surface area contributed by atoms with Crippen LogP contribution in [0.4, 0.5) is 0 Å². The summed E-state index contributed by atoms with van der Waals surface area (Å²) >= 11 is 0. The minimum Gasteiger partial charge on any atom is -0.372 e. The molecule has 1 spiro atoms. The molecule has 2 aliphatic rings. The van der Waals surface area contributed by atoms with Crippen LogP contribution in [0.5, 0.6) is 0 Å². The molecule has 0 N–H and O–H groups in total. The predicted molar refractivity (Wildman–Crippen MR) is 90.9 cm³/mol. The van der Waals surface area contributed by atoms with E-state index in [0.717, 1.165) is 53.8 Å². The molecular weight excluding hydrogens is 316 g/mol. The summed E-state index contributed by atoms with van der Waals surface area (Å²) in [5.74, 6) is 1.05. The first kappa shape index (κ1) is 14.8. The van der Waals surface area contributed by atoms with Gasteiger partial charge in [0, 0.05) is 55.1 Å². The van der Waals surface area contributed by atoms with Crippen molar-refractivity contribution in [1.29, 1.82) is 0 Å². The first-order chi connectivity index (χ1) is 12.2. The van der Waals surface area contributed by atoms with Gasteiger partial charge in [0.2, 0.25) is 0 Å². The third-order valence-corrected chi connectivity index (χ3v) is 5.73. The Bertz CT molecular complexity index is 940. The number of methoxy groups -OCH3 is 1. The van der Waals surface area contributed by atoms with Crippen LogP contribution in [-0.4, -0.2) is 27.0 Å². The molecule has 1 atom stereocenters. The van der Waals surface area contributed by atoms with Crippen LogP contribution in [0.15, 0.2) is 41.4 Å². The Labute approximate surface area is 145 Å². The number of ether oxygens (including phenoxy) is 1. The van der Waals surface area contributed by atoms with Crippen LogP contribution in [-0.2, 0) is 29.2 Å². The lowest BCUT2D eigenvalue weighted by molar-refractivity contribution is -0.0422. The van der Waals surface area contributed by atoms with Gasteiger partial charge in [-0.2, -0.15) is 5.10 Å². The summed E-state index contributed by atoms with van der Waals surface area (Å²) in [6, 6.07) is 4.07. The number of fused-ring (bicyclic) bond motifs is 2. The predicted octanol–water partition coefficient (Wildman–Crippen LogP) is 2.99. The Morgan fingerprint density at radius 2 is 2.16 bits per heavy atom. The molecule has 1 unspecified atom stereocenters. The summed E-state index contributed by atoms with van der Waals surface area (Å²) < 4.78 is 13.6. The Kier molecular flexibility index (Phi) is 2.98. The fraction of sp³-hybridized carbons (Fsp3) is 0.421. The van der Waals surface area contributed by atoms with Gasteiger partial charge in [-0.05, 0) is 25.3 Å². The van der Waals surface area contributed by atoms with E-state index in [2.05, 4.69) is 16.3 Å². The van der Waals surface area contributed by atoms with Gasteiger partial charge in [0.05, 0.1) is 18.1 Å². The maximum absolute atomic E-state index is 6.18. The molecule has 0 aliphatic heterocycles. The number of pyridine rings is 1. The van der Waals surface area contributed by atoms with Crippen molar-refractivity contribution in [3.8, 4) is 11.1 Å². The fourth-order valence-corrected chi connectivity index (χ4v) is 4.35. The lowest BCUT2D eigenvalue weighted by Crippen LogP contribution is -2.40. The normalized spacial score (nSPS) is 23.6. The highest BCUT2D eigenvalue weighted by Crippen LogP contribution is 2.60. The number of aryl methyl sites for hydroxylation is 1. The molecule has 3 heterocycles. The molecule has 2 aliphatic carbocycles. The first-order valence-corrected chi connectivity index (χ1v) is 8.60. The second-order valence-electron chi connectivity index (χ2n) is 7.31. The molecule has 6 heteroatoms. The summed E-state index contributed by atoms with van der Waals surface area (Å²) in [5, 5.41) is 8.37. The van der Waals surface area contributed by atoms with E-state index in [9.17, 15) is 0 Å². The van der Waals surface area contributed by atoms with Crippen LogP contribution in [0.1, 0.15) is 36.3 Å². The molecule has 5 rings (SSSR count). The van der Waals surface area contributed by atoms with Crippen LogP contribution in [0, 0.1) is 0 Å². The van der Waals surface area contributed by atoms with E-state index in [4.69, 9.17) is 14.2 Å². The quantitative estimate of drug-likeness (QED) is 0.735. The topological polar surface area (TPSA) is 66.0 Å². The van der Waals surface area contributed by atoms with E-state index in [1.165, 1.54) is 0 Å². The second kappa shape index (κ2) is 5.02. The number of aromatic nitrogens is 4. The SMILES string of the molecule is COC1(c2ncccc2-c2cnn(C)c2)Cc2cnoc2C2(CC2)C1. The standard InChI is InChI=1S/C19H20N4O2/c1-23-11-14(9-21-23)15-4-3-7-20-16(15)19(24-2)8-13-10-22-25-17(13)18(12-19)5-6-18/h3-4,7,9-11H,5-6,8,12H2,1-2H3. The van der Waals surface area contributed by atoms with E-state index in [0.29, 0.717) is 0 Å². The van der Waals surface area contributed by atoms with Gasteiger partial charge in [0.15, 0.2) is 0 Å². The molecule has 0 amide bonds. The maximum atomic E-state index is 6.18. The highest BCUT2D eigenvalue weighted by molar-refractivity contribution is 5.66. The van der Waals surface area contributed by atoms with Gasteiger partial charge in [-0.15, -0.1) is 0 Å². The molecular formula is C19H20N4O2. The van der Waals surface area contributed by atoms with Crippen LogP contribution >= 0.6 is 0 Å². The summed E-state index contributed by atoms with van der Waals surface area (Å²) in [6.07, 6.45) is 11.4. The second-order valence-corrected chi connectivity index (χ2v) is 7.31. The van der Waals surface area contributed by atoms with Crippen molar-refractivity contribution in [3.63, 3.8) is 0 Å². The van der Waals surface area contributed by atoms with E-state index in [1.807, 2.05) is 42.6 Å². The molecule has 25 heavy (non-hydrogen) atoms. The van der Waals surface area contributed by atoms with Crippen molar-refractivity contribution >= 4 is 0 Å². The highest BCUT2D eigenvalue weighted by Gasteiger charge is 2.59. The monoisotopic (exact) mass is 336 g/mol. The Morgan fingerprint density at radius 3 is 2.88 bits per heavy atom. The van der Waals surface area contributed by atoms with Gasteiger partial charge in [0.1, 0.15) is 11.4 Å².